The Balaban J connectivity index is 1.89. The molecule has 0 spiro atoms. The number of benzene rings is 1. The van der Waals surface area contributed by atoms with Crippen molar-refractivity contribution in [1.82, 2.24) is 10.2 Å². The standard InChI is InChI=1S/C19H25N3O7S2/c1-13(24)31-17-8-16(11-30-7-6-18(25)20-12-23)21(9-17)19(26)29-10-14-2-4-15(5-3-14)22(27)28/h2-5,16-17,23H,6-12H2,1H3,(H,20,25). The van der Waals surface area contributed by atoms with Crippen molar-refractivity contribution in [2.24, 2.45) is 0 Å². The van der Waals surface area contributed by atoms with Crippen LogP contribution in [-0.2, 0) is 20.9 Å². The number of nitrogens with zero attached hydrogens (tertiary/aromatic N) is 2. The lowest BCUT2D eigenvalue weighted by Crippen LogP contribution is -2.37. The highest BCUT2D eigenvalue weighted by atomic mass is 32.2. The van der Waals surface area contributed by atoms with Crippen LogP contribution >= 0.6 is 23.5 Å². The fourth-order valence-electron chi connectivity index (χ4n) is 3.08. The van der Waals surface area contributed by atoms with E-state index in [2.05, 4.69) is 5.32 Å². The fraction of sp³-hybridized carbons (Fsp3) is 0.526. The minimum atomic E-state index is -0.506. The number of thioether (sulfide) groups is 2. The van der Waals surface area contributed by atoms with Crippen molar-refractivity contribution in [2.45, 2.75) is 37.7 Å². The predicted molar refractivity (Wildman–Crippen MR) is 118 cm³/mol. The van der Waals surface area contributed by atoms with Crippen LogP contribution in [0.4, 0.5) is 10.5 Å². The maximum absolute atomic E-state index is 12.7. The Morgan fingerprint density at radius 3 is 2.65 bits per heavy atom. The van der Waals surface area contributed by atoms with Crippen LogP contribution in [0.1, 0.15) is 25.3 Å². The molecule has 2 atom stereocenters. The molecule has 1 heterocycles. The lowest BCUT2D eigenvalue weighted by molar-refractivity contribution is -0.384. The molecule has 1 aliphatic rings. The molecule has 1 aromatic rings. The summed E-state index contributed by atoms with van der Waals surface area (Å²) in [5.74, 6) is 0.887. The highest BCUT2D eigenvalue weighted by Crippen LogP contribution is 2.30. The number of nitro benzene ring substituents is 1. The minimum Gasteiger partial charge on any atom is -0.445 e. The third-order valence-electron chi connectivity index (χ3n) is 4.51. The number of hydrogen-bond donors (Lipinski definition) is 2. The van der Waals surface area contributed by atoms with Crippen molar-refractivity contribution in [3.05, 3.63) is 39.9 Å². The Morgan fingerprint density at radius 2 is 2.03 bits per heavy atom. The molecule has 31 heavy (non-hydrogen) atoms. The van der Waals surface area contributed by atoms with Gasteiger partial charge in [0.05, 0.1) is 4.92 Å². The summed E-state index contributed by atoms with van der Waals surface area (Å²) in [6.45, 7) is 1.47. The first-order valence-corrected chi connectivity index (χ1v) is 11.6. The number of non-ortho nitro benzene ring substituents is 1. The molecule has 0 saturated carbocycles. The summed E-state index contributed by atoms with van der Waals surface area (Å²) >= 11 is 2.72. The van der Waals surface area contributed by atoms with Crippen molar-refractivity contribution in [3.63, 3.8) is 0 Å². The van der Waals surface area contributed by atoms with Gasteiger partial charge in [-0.1, -0.05) is 11.8 Å². The van der Waals surface area contributed by atoms with Gasteiger partial charge in [0.2, 0.25) is 5.91 Å². The molecule has 2 N–H and O–H groups in total. The molecular weight excluding hydrogens is 446 g/mol. The van der Waals surface area contributed by atoms with E-state index in [1.807, 2.05) is 0 Å². The Kier molecular flexibility index (Phi) is 10.1. The second-order valence-corrected chi connectivity index (χ2v) is 9.46. The zero-order valence-electron chi connectivity index (χ0n) is 17.0. The van der Waals surface area contributed by atoms with E-state index in [4.69, 9.17) is 9.84 Å². The lowest BCUT2D eigenvalue weighted by atomic mass is 10.2. The van der Waals surface area contributed by atoms with Crippen molar-refractivity contribution in [1.29, 1.82) is 0 Å². The van der Waals surface area contributed by atoms with Gasteiger partial charge in [0.15, 0.2) is 5.12 Å². The molecule has 1 saturated heterocycles. The molecule has 2 rings (SSSR count). The number of nitrogens with one attached hydrogen (secondary N) is 1. The van der Waals surface area contributed by atoms with Gasteiger partial charge in [-0.05, 0) is 24.1 Å². The average Bonchev–Trinajstić information content (AvgIpc) is 3.11. The van der Waals surface area contributed by atoms with Crippen LogP contribution in [0, 0.1) is 10.1 Å². The van der Waals surface area contributed by atoms with E-state index in [0.29, 0.717) is 30.0 Å². The van der Waals surface area contributed by atoms with Crippen molar-refractivity contribution < 1.29 is 29.2 Å². The lowest BCUT2D eigenvalue weighted by Gasteiger charge is -2.23. The SMILES string of the molecule is CC(=O)SC1CC(CSCCC(=O)NCO)N(C(=O)OCc2ccc([N+](=O)[O-])cc2)C1. The number of aliphatic hydroxyl groups is 1. The van der Waals surface area contributed by atoms with Crippen LogP contribution in [0.5, 0.6) is 0 Å². The van der Waals surface area contributed by atoms with Gasteiger partial charge < -0.3 is 20.1 Å². The Labute approximate surface area is 188 Å². The number of hydrogen-bond acceptors (Lipinski definition) is 9. The Morgan fingerprint density at radius 1 is 1.32 bits per heavy atom. The maximum Gasteiger partial charge on any atom is 0.410 e. The summed E-state index contributed by atoms with van der Waals surface area (Å²) in [7, 11) is 0. The van der Waals surface area contributed by atoms with Crippen molar-refractivity contribution in [3.8, 4) is 0 Å². The molecule has 1 aliphatic heterocycles. The van der Waals surface area contributed by atoms with Crippen LogP contribution in [0.15, 0.2) is 24.3 Å². The quantitative estimate of drug-likeness (QED) is 0.227. The topological polar surface area (TPSA) is 139 Å². The number of likely N-dealkylation sites (tertiary alicyclic amines) is 1. The molecule has 0 aliphatic carbocycles. The number of carbonyl (C=O) groups is 3. The van der Waals surface area contributed by atoms with E-state index in [1.165, 1.54) is 54.7 Å². The molecule has 12 heteroatoms. The molecule has 1 fully saturated rings. The summed E-state index contributed by atoms with van der Waals surface area (Å²) in [4.78, 5) is 47.4. The van der Waals surface area contributed by atoms with Crippen molar-refractivity contribution >= 4 is 46.3 Å². The van der Waals surface area contributed by atoms with E-state index in [-0.39, 0.29) is 41.0 Å². The number of aliphatic hydroxyl groups excluding tert-OH is 1. The molecule has 2 amide bonds. The highest BCUT2D eigenvalue weighted by Gasteiger charge is 2.37. The number of amides is 2. The van der Waals surface area contributed by atoms with Gasteiger partial charge in [0.1, 0.15) is 13.3 Å². The van der Waals surface area contributed by atoms with Gasteiger partial charge in [0.25, 0.3) is 5.69 Å². The third-order valence-corrected chi connectivity index (χ3v) is 6.63. The maximum atomic E-state index is 12.7. The zero-order chi connectivity index (χ0) is 22.8. The van der Waals surface area contributed by atoms with Crippen LogP contribution in [0.25, 0.3) is 0 Å². The van der Waals surface area contributed by atoms with Gasteiger partial charge >= 0.3 is 6.09 Å². The largest absolute Gasteiger partial charge is 0.445 e. The summed E-state index contributed by atoms with van der Waals surface area (Å²) in [6, 6.07) is 5.64. The Bertz CT molecular complexity index is 791. The number of carbonyl (C=O) groups excluding carboxylic acids is 3. The second kappa shape index (κ2) is 12.5. The Hall–Kier alpha value is -2.31. The van der Waals surface area contributed by atoms with Crippen LogP contribution in [-0.4, -0.2) is 68.1 Å². The van der Waals surface area contributed by atoms with E-state index in [1.54, 1.807) is 4.90 Å². The zero-order valence-corrected chi connectivity index (χ0v) is 18.7. The first-order valence-electron chi connectivity index (χ1n) is 9.59. The third kappa shape index (κ3) is 8.38. The summed E-state index contributed by atoms with van der Waals surface area (Å²) in [5.41, 5.74) is 0.595. The number of rotatable bonds is 10. The monoisotopic (exact) mass is 471 g/mol. The number of ether oxygens (including phenoxy) is 1. The molecule has 0 radical (unpaired) electrons. The van der Waals surface area contributed by atoms with Gasteiger partial charge in [-0.25, -0.2) is 4.79 Å². The molecular formula is C19H25N3O7S2. The molecule has 0 aromatic heterocycles. The summed E-state index contributed by atoms with van der Waals surface area (Å²) < 4.78 is 5.39. The van der Waals surface area contributed by atoms with E-state index in [9.17, 15) is 24.5 Å². The van der Waals surface area contributed by atoms with E-state index < -0.39 is 17.7 Å². The van der Waals surface area contributed by atoms with E-state index in [0.717, 1.165) is 0 Å². The molecule has 0 bridgehead atoms. The van der Waals surface area contributed by atoms with Crippen molar-refractivity contribution in [2.75, 3.05) is 24.8 Å². The summed E-state index contributed by atoms with van der Waals surface area (Å²) in [5, 5.41) is 21.7. The van der Waals surface area contributed by atoms with Gasteiger partial charge in [0, 0.05) is 54.8 Å². The smallest absolute Gasteiger partial charge is 0.410 e. The second-order valence-electron chi connectivity index (χ2n) is 6.83. The predicted octanol–water partition coefficient (Wildman–Crippen LogP) is 2.14. The van der Waals surface area contributed by atoms with Crippen LogP contribution < -0.4 is 5.32 Å². The van der Waals surface area contributed by atoms with Gasteiger partial charge in [-0.15, -0.1) is 0 Å². The molecule has 1 aromatic carbocycles. The molecule has 2 unspecified atom stereocenters. The van der Waals surface area contributed by atoms with Crippen LogP contribution in [0.2, 0.25) is 0 Å². The normalized spacial score (nSPS) is 17.9. The number of nitro groups is 1. The molecule has 10 nitrogen and oxygen atoms in total. The highest BCUT2D eigenvalue weighted by molar-refractivity contribution is 8.14. The fourth-order valence-corrected chi connectivity index (χ4v) is 5.19. The van der Waals surface area contributed by atoms with E-state index >= 15 is 0 Å². The first kappa shape index (κ1) is 25.0. The first-order chi connectivity index (χ1) is 14.8. The minimum absolute atomic E-state index is 0.0148. The van der Waals surface area contributed by atoms with Gasteiger partial charge in [-0.3, -0.25) is 19.7 Å². The van der Waals surface area contributed by atoms with Gasteiger partial charge in [-0.2, -0.15) is 11.8 Å². The average molecular weight is 472 g/mol. The van der Waals surface area contributed by atoms with Crippen LogP contribution in [0.3, 0.4) is 0 Å². The summed E-state index contributed by atoms with van der Waals surface area (Å²) in [6.07, 6.45) is 0.398. The molecule has 170 valence electrons.